The predicted molar refractivity (Wildman–Crippen MR) is 148 cm³/mol. The molecule has 3 N–H and O–H groups in total. The van der Waals surface area contributed by atoms with Gasteiger partial charge < -0.3 is 24.9 Å². The molecule has 1 atom stereocenters. The molecule has 0 spiro atoms. The maximum atomic E-state index is 14.5. The van der Waals surface area contributed by atoms with Gasteiger partial charge in [-0.05, 0) is 63.8 Å². The molecule has 0 radical (unpaired) electrons. The van der Waals surface area contributed by atoms with Crippen LogP contribution in [-0.4, -0.2) is 66.3 Å². The van der Waals surface area contributed by atoms with Crippen molar-refractivity contribution in [3.63, 3.8) is 0 Å². The number of aliphatic hydroxyl groups is 1. The first kappa shape index (κ1) is 27.7. The lowest BCUT2D eigenvalue weighted by molar-refractivity contribution is -0.166. The number of hydrogen-bond donors (Lipinski definition) is 3. The number of amides is 1. The standard InChI is InChI=1S/C29H31FN8O4/c1-17-36-37-26(42-17)29-8-6-28(7-9-29,16-41-29)35-21-11-22(23-5-4-19-10-18(12-31)13-34-38(19)23)32-14-20(21)25(39)33-15-24(30)27(2,3)40/h4-5,10-11,13-14,24,40H,6-9,15-16H2,1-3H3,(H,32,35)(H,33,39). The van der Waals surface area contributed by atoms with Crippen molar-refractivity contribution < 1.29 is 23.4 Å². The number of aryl methyl sites for hydroxylation is 1. The van der Waals surface area contributed by atoms with Crippen molar-refractivity contribution in [1.82, 2.24) is 30.1 Å². The molecule has 42 heavy (non-hydrogen) atoms. The normalized spacial score (nSPS) is 22.6. The Labute approximate surface area is 240 Å². The lowest BCUT2D eigenvalue weighted by atomic mass is 9.71. The number of nitrogens with zero attached hydrogens (tertiary/aromatic N) is 6. The second-order valence-electron chi connectivity index (χ2n) is 11.7. The fourth-order valence-corrected chi connectivity index (χ4v) is 5.56. The lowest BCUT2D eigenvalue weighted by Crippen LogP contribution is -2.57. The smallest absolute Gasteiger partial charge is 0.255 e. The number of rotatable bonds is 8. The van der Waals surface area contributed by atoms with Crippen molar-refractivity contribution in [2.45, 2.75) is 69.4 Å². The van der Waals surface area contributed by atoms with E-state index in [-0.39, 0.29) is 12.1 Å². The molecule has 13 heteroatoms. The first-order valence-corrected chi connectivity index (χ1v) is 13.8. The van der Waals surface area contributed by atoms with Gasteiger partial charge in [0.25, 0.3) is 5.91 Å². The first-order valence-electron chi connectivity index (χ1n) is 13.8. The van der Waals surface area contributed by atoms with Crippen LogP contribution < -0.4 is 10.6 Å². The second-order valence-corrected chi connectivity index (χ2v) is 11.7. The number of nitriles is 1. The molecular formula is C29H31FN8O4. The van der Waals surface area contributed by atoms with Crippen LogP contribution in [0.2, 0.25) is 0 Å². The molecular weight excluding hydrogens is 543 g/mol. The van der Waals surface area contributed by atoms with Gasteiger partial charge in [0, 0.05) is 13.1 Å². The van der Waals surface area contributed by atoms with E-state index in [2.05, 4.69) is 37.0 Å². The van der Waals surface area contributed by atoms with Gasteiger partial charge in [0.15, 0.2) is 0 Å². The fraction of sp³-hybridized carbons (Fsp3) is 0.448. The molecule has 1 amide bonds. The zero-order chi connectivity index (χ0) is 29.7. The monoisotopic (exact) mass is 574 g/mol. The van der Waals surface area contributed by atoms with Gasteiger partial charge in [-0.1, -0.05) is 0 Å². The molecule has 218 valence electrons. The van der Waals surface area contributed by atoms with E-state index >= 15 is 0 Å². The molecule has 7 rings (SSSR count). The zero-order valence-electron chi connectivity index (χ0n) is 23.5. The second kappa shape index (κ2) is 10.1. The van der Waals surface area contributed by atoms with Crippen molar-refractivity contribution in [3.05, 3.63) is 59.6 Å². The number of halogens is 1. The van der Waals surface area contributed by atoms with Gasteiger partial charge in [0.05, 0.1) is 64.2 Å². The summed E-state index contributed by atoms with van der Waals surface area (Å²) >= 11 is 0. The molecule has 0 aromatic carbocycles. The molecule has 2 saturated heterocycles. The number of anilines is 1. The van der Waals surface area contributed by atoms with Crippen LogP contribution in [0.5, 0.6) is 0 Å². The minimum absolute atomic E-state index is 0.228. The molecule has 2 bridgehead atoms. The van der Waals surface area contributed by atoms with E-state index in [0.717, 1.165) is 18.4 Å². The zero-order valence-corrected chi connectivity index (χ0v) is 23.5. The van der Waals surface area contributed by atoms with Gasteiger partial charge in [0.1, 0.15) is 17.8 Å². The summed E-state index contributed by atoms with van der Waals surface area (Å²) < 4.78 is 28.2. The highest BCUT2D eigenvalue weighted by molar-refractivity contribution is 6.00. The number of carbonyl (C=O) groups excluding carboxylic acids is 1. The highest BCUT2D eigenvalue weighted by atomic mass is 19.1. The topological polar surface area (TPSA) is 163 Å². The Morgan fingerprint density at radius 1 is 1.24 bits per heavy atom. The average Bonchev–Trinajstić information content (AvgIpc) is 3.62. The van der Waals surface area contributed by atoms with E-state index in [1.807, 2.05) is 12.1 Å². The Balaban J connectivity index is 1.32. The number of alkyl halides is 1. The van der Waals surface area contributed by atoms with Crippen molar-refractivity contribution in [2.24, 2.45) is 0 Å². The van der Waals surface area contributed by atoms with Crippen LogP contribution in [-0.2, 0) is 10.3 Å². The molecule has 2 aliphatic heterocycles. The first-order chi connectivity index (χ1) is 20.0. The summed E-state index contributed by atoms with van der Waals surface area (Å²) in [5.41, 5.74) is 0.413. The maximum absolute atomic E-state index is 14.5. The highest BCUT2D eigenvalue weighted by Gasteiger charge is 2.53. The Kier molecular flexibility index (Phi) is 6.70. The molecule has 3 fully saturated rings. The molecule has 1 saturated carbocycles. The van der Waals surface area contributed by atoms with Crippen molar-refractivity contribution in [3.8, 4) is 17.5 Å². The van der Waals surface area contributed by atoms with E-state index in [1.165, 1.54) is 26.2 Å². The van der Waals surface area contributed by atoms with Crippen LogP contribution in [0.25, 0.3) is 16.9 Å². The Bertz CT molecular complexity index is 1680. The van der Waals surface area contributed by atoms with Crippen molar-refractivity contribution in [1.29, 1.82) is 5.26 Å². The largest absolute Gasteiger partial charge is 0.422 e. The van der Waals surface area contributed by atoms with E-state index in [4.69, 9.17) is 9.15 Å². The summed E-state index contributed by atoms with van der Waals surface area (Å²) in [6.45, 7) is 4.44. The molecule has 6 heterocycles. The van der Waals surface area contributed by atoms with Crippen LogP contribution in [0.1, 0.15) is 67.2 Å². The highest BCUT2D eigenvalue weighted by Crippen LogP contribution is 2.50. The van der Waals surface area contributed by atoms with Crippen LogP contribution >= 0.6 is 0 Å². The van der Waals surface area contributed by atoms with E-state index < -0.39 is 28.8 Å². The number of fused-ring (bicyclic) bond motifs is 4. The van der Waals surface area contributed by atoms with E-state index in [0.29, 0.717) is 53.9 Å². The van der Waals surface area contributed by atoms with Crippen LogP contribution in [0, 0.1) is 18.3 Å². The summed E-state index contributed by atoms with van der Waals surface area (Å²) in [7, 11) is 0. The number of carbonyl (C=O) groups is 1. The lowest BCUT2D eigenvalue weighted by Gasteiger charge is -2.52. The van der Waals surface area contributed by atoms with Crippen LogP contribution in [0.3, 0.4) is 0 Å². The minimum atomic E-state index is -1.66. The quantitative estimate of drug-likeness (QED) is 0.284. The van der Waals surface area contributed by atoms with E-state index in [9.17, 15) is 19.6 Å². The molecule has 3 aliphatic rings. The number of ether oxygens (including phenoxy) is 1. The molecule has 1 aliphatic carbocycles. The third-order valence-electron chi connectivity index (χ3n) is 8.20. The summed E-state index contributed by atoms with van der Waals surface area (Å²) in [5.74, 6) is 0.444. The summed E-state index contributed by atoms with van der Waals surface area (Å²) in [6.07, 6.45) is 4.03. The third kappa shape index (κ3) is 4.97. The third-order valence-corrected chi connectivity index (χ3v) is 8.20. The van der Waals surface area contributed by atoms with Crippen LogP contribution in [0.4, 0.5) is 10.1 Å². The maximum Gasteiger partial charge on any atom is 0.255 e. The molecule has 1 unspecified atom stereocenters. The number of aromatic nitrogens is 5. The summed E-state index contributed by atoms with van der Waals surface area (Å²) in [5, 5.41) is 37.9. The number of nitrogens with one attached hydrogen (secondary N) is 2. The van der Waals surface area contributed by atoms with Gasteiger partial charge in [-0.25, -0.2) is 8.91 Å². The van der Waals surface area contributed by atoms with Gasteiger partial charge in [-0.2, -0.15) is 10.4 Å². The van der Waals surface area contributed by atoms with Crippen LogP contribution in [0.15, 0.2) is 41.1 Å². The Morgan fingerprint density at radius 3 is 2.67 bits per heavy atom. The van der Waals surface area contributed by atoms with Gasteiger partial charge >= 0.3 is 0 Å². The van der Waals surface area contributed by atoms with Gasteiger partial charge in [-0.15, -0.1) is 10.2 Å². The molecule has 4 aromatic rings. The van der Waals surface area contributed by atoms with Gasteiger partial charge in [-0.3, -0.25) is 9.78 Å². The summed E-state index contributed by atoms with van der Waals surface area (Å²) in [4.78, 5) is 17.9. The molecule has 12 nitrogen and oxygen atoms in total. The van der Waals surface area contributed by atoms with Crippen molar-refractivity contribution >= 4 is 17.1 Å². The fourth-order valence-electron chi connectivity index (χ4n) is 5.56. The summed E-state index contributed by atoms with van der Waals surface area (Å²) in [6, 6.07) is 9.26. The number of pyridine rings is 1. The van der Waals surface area contributed by atoms with Crippen molar-refractivity contribution in [2.75, 3.05) is 18.5 Å². The average molecular weight is 575 g/mol. The Hall–Kier alpha value is -4.41. The SMILES string of the molecule is Cc1nnc(C23CCC(Nc4cc(-c5ccc6cc(C#N)cnn56)ncc4C(=O)NCC(F)C(C)(C)O)(CC2)CO3)o1. The predicted octanol–water partition coefficient (Wildman–Crippen LogP) is 3.45. The van der Waals surface area contributed by atoms with Gasteiger partial charge in [0.2, 0.25) is 11.8 Å². The van der Waals surface area contributed by atoms with E-state index in [1.54, 1.807) is 23.6 Å². The Morgan fingerprint density at radius 2 is 2.02 bits per heavy atom. The minimum Gasteiger partial charge on any atom is -0.422 e. The number of hydrogen-bond acceptors (Lipinski definition) is 10. The molecule has 4 aromatic heterocycles.